The number of hydrogen-bond acceptors (Lipinski definition) is 4. The first kappa shape index (κ1) is 25.0. The van der Waals surface area contributed by atoms with E-state index in [1.54, 1.807) is 7.11 Å². The zero-order chi connectivity index (χ0) is 20.5. The monoisotopic (exact) mass is 529 g/mol. The van der Waals surface area contributed by atoms with Crippen molar-refractivity contribution in [3.05, 3.63) is 24.3 Å². The van der Waals surface area contributed by atoms with Gasteiger partial charge in [-0.15, -0.1) is 24.0 Å². The average Bonchev–Trinajstić information content (AvgIpc) is 2.79. The third-order valence-corrected chi connectivity index (χ3v) is 6.30. The quantitative estimate of drug-likeness (QED) is 0.333. The summed E-state index contributed by atoms with van der Waals surface area (Å²) in [6.07, 6.45) is 3.89. The van der Waals surface area contributed by atoms with Gasteiger partial charge in [0.2, 0.25) is 0 Å². The van der Waals surface area contributed by atoms with Crippen molar-refractivity contribution in [2.75, 3.05) is 70.9 Å². The molecule has 0 bridgehead atoms. The molecule has 2 aliphatic heterocycles. The van der Waals surface area contributed by atoms with Crippen molar-refractivity contribution in [1.82, 2.24) is 15.1 Å². The number of rotatable bonds is 7. The number of ether oxygens (including phenoxy) is 1. The Bertz CT molecular complexity index is 623. The van der Waals surface area contributed by atoms with Gasteiger partial charge in [0.1, 0.15) is 5.75 Å². The van der Waals surface area contributed by atoms with E-state index in [-0.39, 0.29) is 24.0 Å². The number of hydrogen-bond donors (Lipinski definition) is 1. The van der Waals surface area contributed by atoms with E-state index in [2.05, 4.69) is 46.0 Å². The van der Waals surface area contributed by atoms with Gasteiger partial charge in [0.15, 0.2) is 5.96 Å². The van der Waals surface area contributed by atoms with Gasteiger partial charge in [0, 0.05) is 45.0 Å². The van der Waals surface area contributed by atoms with Gasteiger partial charge >= 0.3 is 0 Å². The lowest BCUT2D eigenvalue weighted by Crippen LogP contribution is -2.52. The lowest BCUT2D eigenvalue weighted by Gasteiger charge is -2.38. The Morgan fingerprint density at radius 1 is 1.03 bits per heavy atom. The van der Waals surface area contributed by atoms with Crippen molar-refractivity contribution >= 4 is 35.6 Å². The molecule has 1 aromatic carbocycles. The molecule has 6 nitrogen and oxygen atoms in total. The Kier molecular flexibility index (Phi) is 11.1. The normalized spacial score (nSPS) is 18.8. The highest BCUT2D eigenvalue weighted by Crippen LogP contribution is 2.21. The summed E-state index contributed by atoms with van der Waals surface area (Å²) in [5, 5.41) is 3.51. The van der Waals surface area contributed by atoms with Crippen LogP contribution in [0.4, 0.5) is 5.69 Å². The molecule has 0 unspecified atom stereocenters. The molecule has 1 aromatic rings. The van der Waals surface area contributed by atoms with E-state index >= 15 is 0 Å². The zero-order valence-electron chi connectivity index (χ0n) is 19.0. The van der Waals surface area contributed by atoms with Crippen molar-refractivity contribution in [2.45, 2.75) is 33.1 Å². The number of guanidine groups is 1. The Morgan fingerprint density at radius 3 is 2.27 bits per heavy atom. The van der Waals surface area contributed by atoms with Crippen LogP contribution in [0, 0.1) is 5.92 Å². The predicted molar refractivity (Wildman–Crippen MR) is 138 cm³/mol. The van der Waals surface area contributed by atoms with E-state index in [4.69, 9.17) is 9.73 Å². The van der Waals surface area contributed by atoms with E-state index < -0.39 is 0 Å². The topological polar surface area (TPSA) is 43.3 Å². The molecule has 3 rings (SSSR count). The number of methoxy groups -OCH3 is 1. The van der Waals surface area contributed by atoms with Gasteiger partial charge in [-0.3, -0.25) is 4.99 Å². The molecule has 0 amide bonds. The summed E-state index contributed by atoms with van der Waals surface area (Å²) in [7, 11) is 1.71. The fourth-order valence-corrected chi connectivity index (χ4v) is 4.34. The van der Waals surface area contributed by atoms with Gasteiger partial charge in [0.05, 0.1) is 7.11 Å². The molecule has 2 fully saturated rings. The van der Waals surface area contributed by atoms with Crippen LogP contribution in [0.1, 0.15) is 33.1 Å². The van der Waals surface area contributed by atoms with E-state index in [0.29, 0.717) is 0 Å². The second kappa shape index (κ2) is 13.2. The first-order valence-electron chi connectivity index (χ1n) is 11.4. The Morgan fingerprint density at radius 2 is 1.70 bits per heavy atom. The van der Waals surface area contributed by atoms with Gasteiger partial charge in [-0.05, 0) is 76.0 Å². The molecule has 170 valence electrons. The average molecular weight is 530 g/mol. The lowest BCUT2D eigenvalue weighted by molar-refractivity contribution is 0.188. The summed E-state index contributed by atoms with van der Waals surface area (Å²) in [5.74, 6) is 2.85. The first-order valence-corrected chi connectivity index (χ1v) is 11.4. The second-order valence-electron chi connectivity index (χ2n) is 8.07. The minimum Gasteiger partial charge on any atom is -0.497 e. The third-order valence-electron chi connectivity index (χ3n) is 6.30. The molecule has 2 aliphatic rings. The first-order chi connectivity index (χ1) is 14.2. The molecule has 0 atom stereocenters. The largest absolute Gasteiger partial charge is 0.497 e. The summed E-state index contributed by atoms with van der Waals surface area (Å²) in [6, 6.07) is 8.38. The van der Waals surface area contributed by atoms with Gasteiger partial charge in [0.25, 0.3) is 0 Å². The molecule has 2 heterocycles. The van der Waals surface area contributed by atoms with Crippen LogP contribution in [-0.4, -0.2) is 81.8 Å². The highest BCUT2D eigenvalue weighted by Gasteiger charge is 2.21. The molecule has 30 heavy (non-hydrogen) atoms. The number of likely N-dealkylation sites (tertiary alicyclic amines) is 1. The van der Waals surface area contributed by atoms with Crippen LogP contribution in [0.3, 0.4) is 0 Å². The Hall–Kier alpha value is -1.22. The second-order valence-corrected chi connectivity index (χ2v) is 8.07. The number of piperazine rings is 1. The number of aliphatic imine (C=N–C) groups is 1. The Labute approximate surface area is 200 Å². The molecule has 7 heteroatoms. The van der Waals surface area contributed by atoms with Gasteiger partial charge < -0.3 is 24.8 Å². The molecule has 0 saturated carbocycles. The molecule has 0 aromatic heterocycles. The van der Waals surface area contributed by atoms with E-state index in [1.807, 2.05) is 12.1 Å². The van der Waals surface area contributed by atoms with Crippen molar-refractivity contribution in [2.24, 2.45) is 10.9 Å². The van der Waals surface area contributed by atoms with Gasteiger partial charge in [-0.25, -0.2) is 0 Å². The fourth-order valence-electron chi connectivity index (χ4n) is 4.34. The number of nitrogens with zero attached hydrogens (tertiary/aromatic N) is 4. The van der Waals surface area contributed by atoms with Crippen LogP contribution < -0.4 is 15.0 Å². The highest BCUT2D eigenvalue weighted by atomic mass is 127. The van der Waals surface area contributed by atoms with Crippen molar-refractivity contribution < 1.29 is 4.74 Å². The third kappa shape index (κ3) is 7.18. The lowest BCUT2D eigenvalue weighted by atomic mass is 9.94. The minimum absolute atomic E-state index is 0. The summed E-state index contributed by atoms with van der Waals surface area (Å²) in [5.41, 5.74) is 1.27. The summed E-state index contributed by atoms with van der Waals surface area (Å²) in [6.45, 7) is 14.1. The summed E-state index contributed by atoms with van der Waals surface area (Å²) < 4.78 is 5.27. The van der Waals surface area contributed by atoms with Crippen LogP contribution in [0.2, 0.25) is 0 Å². The number of anilines is 1. The summed E-state index contributed by atoms with van der Waals surface area (Å²) >= 11 is 0. The van der Waals surface area contributed by atoms with E-state index in [1.165, 1.54) is 44.6 Å². The SMILES string of the molecule is CCNC(=NCCC1CCN(CC)CC1)N1CCN(c2ccc(OC)cc2)CC1.I. The molecule has 0 spiro atoms. The van der Waals surface area contributed by atoms with Crippen molar-refractivity contribution in [3.63, 3.8) is 0 Å². The van der Waals surface area contributed by atoms with Crippen LogP contribution in [0.15, 0.2) is 29.3 Å². The maximum Gasteiger partial charge on any atom is 0.194 e. The summed E-state index contributed by atoms with van der Waals surface area (Å²) in [4.78, 5) is 12.4. The van der Waals surface area contributed by atoms with Crippen LogP contribution in [0.25, 0.3) is 0 Å². The van der Waals surface area contributed by atoms with Crippen molar-refractivity contribution in [1.29, 1.82) is 0 Å². The fraction of sp³-hybridized carbons (Fsp3) is 0.696. The molecular weight excluding hydrogens is 489 g/mol. The number of piperidine rings is 1. The molecule has 0 aliphatic carbocycles. The van der Waals surface area contributed by atoms with Gasteiger partial charge in [-0.1, -0.05) is 6.92 Å². The van der Waals surface area contributed by atoms with E-state index in [9.17, 15) is 0 Å². The molecule has 2 saturated heterocycles. The van der Waals surface area contributed by atoms with Crippen molar-refractivity contribution in [3.8, 4) is 5.75 Å². The minimum atomic E-state index is 0. The van der Waals surface area contributed by atoms with Gasteiger partial charge in [-0.2, -0.15) is 0 Å². The van der Waals surface area contributed by atoms with Crippen LogP contribution >= 0.6 is 24.0 Å². The Balaban J connectivity index is 0.00000320. The number of benzene rings is 1. The molecule has 1 N–H and O–H groups in total. The van der Waals surface area contributed by atoms with E-state index in [0.717, 1.165) is 56.9 Å². The highest BCUT2D eigenvalue weighted by molar-refractivity contribution is 14.0. The van der Waals surface area contributed by atoms with Crippen LogP contribution in [0.5, 0.6) is 5.75 Å². The number of nitrogens with one attached hydrogen (secondary N) is 1. The predicted octanol–water partition coefficient (Wildman–Crippen LogP) is 3.52. The van der Waals surface area contributed by atoms with Crippen LogP contribution in [-0.2, 0) is 0 Å². The molecular formula is C23H40IN5O. The maximum absolute atomic E-state index is 5.27. The smallest absolute Gasteiger partial charge is 0.194 e. The maximum atomic E-state index is 5.27. The molecule has 0 radical (unpaired) electrons. The standard InChI is InChI=1S/C23H39N5O.HI/c1-4-24-23(25-13-10-20-11-14-26(5-2)15-12-20)28-18-16-27(17-19-28)21-6-8-22(29-3)9-7-21;/h6-9,20H,4-5,10-19H2,1-3H3,(H,24,25);1H. The number of halogens is 1. The zero-order valence-corrected chi connectivity index (χ0v) is 21.3.